The lowest BCUT2D eigenvalue weighted by Crippen LogP contribution is -2.43. The molecule has 1 atom stereocenters. The van der Waals surface area contributed by atoms with Gasteiger partial charge in [0.15, 0.2) is 0 Å². The van der Waals surface area contributed by atoms with Crippen LogP contribution in [0.5, 0.6) is 0 Å². The van der Waals surface area contributed by atoms with Crippen molar-refractivity contribution in [2.75, 3.05) is 19.3 Å². The summed E-state index contributed by atoms with van der Waals surface area (Å²) >= 11 is 1.69. The van der Waals surface area contributed by atoms with Crippen molar-refractivity contribution in [3.8, 4) is 0 Å². The molecule has 28 heavy (non-hydrogen) atoms. The van der Waals surface area contributed by atoms with E-state index in [1.807, 2.05) is 25.3 Å². The van der Waals surface area contributed by atoms with Gasteiger partial charge in [0.05, 0.1) is 10.9 Å². The van der Waals surface area contributed by atoms with Crippen molar-refractivity contribution in [3.63, 3.8) is 0 Å². The van der Waals surface area contributed by atoms with Crippen molar-refractivity contribution in [1.82, 2.24) is 9.62 Å². The number of rotatable bonds is 6. The number of carbonyl (C=O) groups is 1. The third-order valence-electron chi connectivity index (χ3n) is 5.18. The number of sulfonamides is 1. The predicted octanol–water partition coefficient (Wildman–Crippen LogP) is 3.69. The number of hydrogen-bond acceptors (Lipinski definition) is 4. The van der Waals surface area contributed by atoms with Gasteiger partial charge in [-0.1, -0.05) is 30.3 Å². The highest BCUT2D eigenvalue weighted by Gasteiger charge is 2.32. The fourth-order valence-corrected chi connectivity index (χ4v) is 5.31. The van der Waals surface area contributed by atoms with Gasteiger partial charge in [0.25, 0.3) is 0 Å². The Labute approximate surface area is 171 Å². The summed E-state index contributed by atoms with van der Waals surface area (Å²) < 4.78 is 26.9. The number of thioether (sulfide) groups is 1. The van der Waals surface area contributed by atoms with Gasteiger partial charge in [-0.3, -0.25) is 4.79 Å². The molecule has 0 radical (unpaired) electrons. The summed E-state index contributed by atoms with van der Waals surface area (Å²) in [4.78, 5) is 14.1. The second-order valence-corrected chi connectivity index (χ2v) is 9.81. The first-order valence-corrected chi connectivity index (χ1v) is 12.1. The highest BCUT2D eigenvalue weighted by molar-refractivity contribution is 7.98. The second kappa shape index (κ2) is 9.11. The van der Waals surface area contributed by atoms with Gasteiger partial charge >= 0.3 is 0 Å². The Hall–Kier alpha value is -1.83. The lowest BCUT2D eigenvalue weighted by atomic mass is 9.96. The minimum absolute atomic E-state index is 0.00166. The summed E-state index contributed by atoms with van der Waals surface area (Å²) in [5.41, 5.74) is 1.07. The molecule has 1 amide bonds. The van der Waals surface area contributed by atoms with E-state index in [2.05, 4.69) is 17.4 Å². The zero-order chi connectivity index (χ0) is 20.1. The number of hydrogen-bond donors (Lipinski definition) is 1. The van der Waals surface area contributed by atoms with E-state index >= 15 is 0 Å². The largest absolute Gasteiger partial charge is 0.349 e. The smallest absolute Gasteiger partial charge is 0.243 e. The summed E-state index contributed by atoms with van der Waals surface area (Å²) in [6.07, 6.45) is 3.11. The topological polar surface area (TPSA) is 66.5 Å². The fourth-order valence-electron chi connectivity index (χ4n) is 3.41. The molecule has 2 aromatic rings. The average molecular weight is 419 g/mol. The number of nitrogens with zero attached hydrogens (tertiary/aromatic N) is 1. The van der Waals surface area contributed by atoms with Crippen LogP contribution in [-0.2, 0) is 14.8 Å². The maximum Gasteiger partial charge on any atom is 0.243 e. The monoisotopic (exact) mass is 418 g/mol. The average Bonchev–Trinajstić information content (AvgIpc) is 2.74. The Morgan fingerprint density at radius 1 is 1.07 bits per heavy atom. The number of piperidine rings is 1. The molecule has 1 fully saturated rings. The molecule has 0 bridgehead atoms. The number of nitrogens with one attached hydrogen (secondary N) is 1. The molecule has 150 valence electrons. The minimum atomic E-state index is -3.48. The third-order valence-corrected chi connectivity index (χ3v) is 7.84. The van der Waals surface area contributed by atoms with E-state index in [1.165, 1.54) is 9.20 Å². The van der Waals surface area contributed by atoms with Gasteiger partial charge in [-0.2, -0.15) is 4.31 Å². The fraction of sp³-hybridized carbons (Fsp3) is 0.381. The molecule has 5 nitrogen and oxygen atoms in total. The Bertz CT molecular complexity index is 891. The summed E-state index contributed by atoms with van der Waals surface area (Å²) in [7, 11) is -3.48. The highest BCUT2D eigenvalue weighted by Crippen LogP contribution is 2.25. The molecule has 2 aromatic carbocycles. The van der Waals surface area contributed by atoms with E-state index in [4.69, 9.17) is 0 Å². The molecule has 0 saturated carbocycles. The molecule has 7 heteroatoms. The molecule has 1 aliphatic rings. The Kier molecular flexibility index (Phi) is 6.80. The van der Waals surface area contributed by atoms with Crippen molar-refractivity contribution in [2.24, 2.45) is 5.92 Å². The van der Waals surface area contributed by atoms with Crippen LogP contribution in [0.25, 0.3) is 0 Å². The molecule has 0 unspecified atom stereocenters. The third kappa shape index (κ3) is 4.77. The zero-order valence-corrected chi connectivity index (χ0v) is 17.8. The highest BCUT2D eigenvalue weighted by atomic mass is 32.2. The van der Waals surface area contributed by atoms with Gasteiger partial charge in [0.2, 0.25) is 15.9 Å². The van der Waals surface area contributed by atoms with E-state index in [9.17, 15) is 13.2 Å². The summed E-state index contributed by atoms with van der Waals surface area (Å²) in [5.74, 6) is -0.159. The van der Waals surface area contributed by atoms with Crippen LogP contribution in [0.15, 0.2) is 64.4 Å². The number of amides is 1. The van der Waals surface area contributed by atoms with Crippen molar-refractivity contribution in [2.45, 2.75) is 35.6 Å². The Balaban J connectivity index is 1.56. The Morgan fingerprint density at radius 2 is 1.68 bits per heavy atom. The van der Waals surface area contributed by atoms with E-state index < -0.39 is 10.0 Å². The van der Waals surface area contributed by atoms with Gasteiger partial charge in [-0.25, -0.2) is 8.42 Å². The molecule has 0 aliphatic carbocycles. The van der Waals surface area contributed by atoms with Crippen LogP contribution < -0.4 is 5.32 Å². The van der Waals surface area contributed by atoms with Crippen LogP contribution in [-0.4, -0.2) is 38.0 Å². The van der Waals surface area contributed by atoms with Crippen LogP contribution >= 0.6 is 11.8 Å². The van der Waals surface area contributed by atoms with Crippen LogP contribution in [0.3, 0.4) is 0 Å². The molecule has 0 aromatic heterocycles. The summed E-state index contributed by atoms with van der Waals surface area (Å²) in [6.45, 7) is 2.71. The first-order valence-electron chi connectivity index (χ1n) is 9.41. The van der Waals surface area contributed by atoms with Crippen LogP contribution in [0.1, 0.15) is 31.4 Å². The van der Waals surface area contributed by atoms with Gasteiger partial charge in [0, 0.05) is 23.9 Å². The van der Waals surface area contributed by atoms with Gasteiger partial charge < -0.3 is 5.32 Å². The lowest BCUT2D eigenvalue weighted by Gasteiger charge is -2.31. The molecule has 1 aliphatic heterocycles. The van der Waals surface area contributed by atoms with Crippen molar-refractivity contribution in [3.05, 3.63) is 60.2 Å². The van der Waals surface area contributed by atoms with E-state index in [-0.39, 0.29) is 17.9 Å². The minimum Gasteiger partial charge on any atom is -0.349 e. The summed E-state index contributed by atoms with van der Waals surface area (Å²) in [6, 6.07) is 16.6. The first kappa shape index (κ1) is 20.9. The van der Waals surface area contributed by atoms with E-state index in [1.54, 1.807) is 42.1 Å². The molecular weight excluding hydrogens is 392 g/mol. The van der Waals surface area contributed by atoms with Crippen LogP contribution in [0.4, 0.5) is 0 Å². The van der Waals surface area contributed by atoms with Crippen LogP contribution in [0, 0.1) is 5.92 Å². The molecular formula is C21H26N2O3S2. The molecule has 3 rings (SSSR count). The first-order chi connectivity index (χ1) is 13.4. The summed E-state index contributed by atoms with van der Waals surface area (Å²) in [5, 5.41) is 3.07. The quantitative estimate of drug-likeness (QED) is 0.727. The van der Waals surface area contributed by atoms with E-state index in [0.29, 0.717) is 30.8 Å². The van der Waals surface area contributed by atoms with Gasteiger partial charge in [0.1, 0.15) is 0 Å². The van der Waals surface area contributed by atoms with Crippen LogP contribution in [0.2, 0.25) is 0 Å². The molecule has 0 spiro atoms. The zero-order valence-electron chi connectivity index (χ0n) is 16.2. The van der Waals surface area contributed by atoms with Gasteiger partial charge in [-0.05, 0) is 55.9 Å². The van der Waals surface area contributed by atoms with Crippen molar-refractivity contribution < 1.29 is 13.2 Å². The van der Waals surface area contributed by atoms with Gasteiger partial charge in [-0.15, -0.1) is 11.8 Å². The van der Waals surface area contributed by atoms with E-state index in [0.717, 1.165) is 5.56 Å². The normalized spacial score (nSPS) is 17.2. The maximum absolute atomic E-state index is 12.7. The second-order valence-electron chi connectivity index (χ2n) is 6.99. The SMILES string of the molecule is CSc1ccc([C@H](C)NC(=O)C2CCN(S(=O)(=O)c3ccccc3)CC2)cc1. The molecule has 1 saturated heterocycles. The van der Waals surface area contributed by atoms with Crippen molar-refractivity contribution >= 4 is 27.7 Å². The standard InChI is InChI=1S/C21H26N2O3S2/c1-16(17-8-10-19(27-2)11-9-17)22-21(24)18-12-14-23(15-13-18)28(25,26)20-6-4-3-5-7-20/h3-11,16,18H,12-15H2,1-2H3,(H,22,24)/t16-/m0/s1. The number of carbonyl (C=O) groups excluding carboxylic acids is 1. The molecule has 1 N–H and O–H groups in total. The maximum atomic E-state index is 12.7. The Morgan fingerprint density at radius 3 is 2.25 bits per heavy atom. The lowest BCUT2D eigenvalue weighted by molar-refractivity contribution is -0.126. The predicted molar refractivity (Wildman–Crippen MR) is 113 cm³/mol. The molecule has 1 heterocycles. The van der Waals surface area contributed by atoms with Crippen molar-refractivity contribution in [1.29, 1.82) is 0 Å². The number of benzene rings is 2.